The van der Waals surface area contributed by atoms with E-state index in [0.29, 0.717) is 6.61 Å². The van der Waals surface area contributed by atoms with Crippen LogP contribution in [-0.2, 0) is 53.1 Å². The third-order valence-corrected chi connectivity index (χ3v) is 6.46. The SMILES string of the molecule is COC(=O)[C@H]1O[C@H](COCc2ccccc2)[C@@H](OCc2ccccc2)[C@H](OCc2ccccc2)[C@H]1NC(C)=O. The van der Waals surface area contributed by atoms with E-state index in [1.165, 1.54) is 14.0 Å². The Kier molecular flexibility index (Phi) is 10.6. The summed E-state index contributed by atoms with van der Waals surface area (Å²) in [7, 11) is 1.29. The van der Waals surface area contributed by atoms with Crippen LogP contribution in [0, 0.1) is 0 Å². The molecule has 0 radical (unpaired) electrons. The molecule has 1 aliphatic heterocycles. The van der Waals surface area contributed by atoms with E-state index in [1.54, 1.807) is 0 Å². The van der Waals surface area contributed by atoms with Gasteiger partial charge < -0.3 is 29.0 Å². The van der Waals surface area contributed by atoms with Gasteiger partial charge in [-0.1, -0.05) is 91.0 Å². The molecule has 1 fully saturated rings. The highest BCUT2D eigenvalue weighted by atomic mass is 16.6. The van der Waals surface area contributed by atoms with Crippen molar-refractivity contribution in [2.45, 2.75) is 57.2 Å². The molecule has 1 aliphatic rings. The quantitative estimate of drug-likeness (QED) is 0.354. The van der Waals surface area contributed by atoms with Crippen molar-refractivity contribution in [1.29, 1.82) is 0 Å². The first-order valence-electron chi connectivity index (χ1n) is 13.0. The summed E-state index contributed by atoms with van der Waals surface area (Å²) in [4.78, 5) is 25.1. The van der Waals surface area contributed by atoms with E-state index in [2.05, 4.69) is 5.32 Å². The van der Waals surface area contributed by atoms with E-state index in [9.17, 15) is 9.59 Å². The molecule has 0 aliphatic carbocycles. The van der Waals surface area contributed by atoms with Crippen LogP contribution in [-0.4, -0.2) is 56.1 Å². The van der Waals surface area contributed by atoms with Gasteiger partial charge in [-0.25, -0.2) is 4.79 Å². The number of methoxy groups -OCH3 is 1. The lowest BCUT2D eigenvalue weighted by atomic mass is 9.91. The molecular weight excluding hydrogens is 498 g/mol. The Labute approximate surface area is 229 Å². The number of carbonyl (C=O) groups excluding carboxylic acids is 2. The van der Waals surface area contributed by atoms with Crippen molar-refractivity contribution < 1.29 is 33.3 Å². The van der Waals surface area contributed by atoms with Gasteiger partial charge in [-0.2, -0.15) is 0 Å². The second-order valence-electron chi connectivity index (χ2n) is 9.37. The lowest BCUT2D eigenvalue weighted by Crippen LogP contribution is -2.67. The lowest BCUT2D eigenvalue weighted by Gasteiger charge is -2.45. The molecule has 1 saturated heterocycles. The molecule has 0 unspecified atom stereocenters. The molecule has 1 N–H and O–H groups in total. The van der Waals surface area contributed by atoms with E-state index >= 15 is 0 Å². The molecule has 5 atom stereocenters. The maximum Gasteiger partial charge on any atom is 0.337 e. The monoisotopic (exact) mass is 533 g/mol. The number of nitrogens with one attached hydrogen (secondary N) is 1. The minimum Gasteiger partial charge on any atom is -0.467 e. The first kappa shape index (κ1) is 28.4. The van der Waals surface area contributed by atoms with Crippen molar-refractivity contribution in [3.05, 3.63) is 108 Å². The zero-order chi connectivity index (χ0) is 27.5. The number of hydrogen-bond acceptors (Lipinski definition) is 7. The highest BCUT2D eigenvalue weighted by Gasteiger charge is 2.51. The number of ether oxygens (including phenoxy) is 5. The van der Waals surface area contributed by atoms with Crippen molar-refractivity contribution in [2.75, 3.05) is 13.7 Å². The molecule has 8 heteroatoms. The molecule has 0 aromatic heterocycles. The largest absolute Gasteiger partial charge is 0.467 e. The van der Waals surface area contributed by atoms with Crippen LogP contribution in [0.1, 0.15) is 23.6 Å². The highest BCUT2D eigenvalue weighted by Crippen LogP contribution is 2.29. The first-order chi connectivity index (χ1) is 19.0. The molecule has 206 valence electrons. The minimum absolute atomic E-state index is 0.139. The number of hydrogen-bond donors (Lipinski definition) is 1. The van der Waals surface area contributed by atoms with Gasteiger partial charge in [0, 0.05) is 6.92 Å². The fourth-order valence-corrected chi connectivity index (χ4v) is 4.58. The highest BCUT2D eigenvalue weighted by molar-refractivity contribution is 5.79. The summed E-state index contributed by atoms with van der Waals surface area (Å²) >= 11 is 0. The van der Waals surface area contributed by atoms with E-state index in [-0.39, 0.29) is 25.7 Å². The molecule has 0 bridgehead atoms. The summed E-state index contributed by atoms with van der Waals surface area (Å²) in [5.41, 5.74) is 2.92. The van der Waals surface area contributed by atoms with Gasteiger partial charge in [-0.05, 0) is 16.7 Å². The van der Waals surface area contributed by atoms with Crippen LogP contribution in [0.5, 0.6) is 0 Å². The van der Waals surface area contributed by atoms with E-state index < -0.39 is 36.4 Å². The summed E-state index contributed by atoms with van der Waals surface area (Å²) in [6.45, 7) is 2.42. The second kappa shape index (κ2) is 14.6. The van der Waals surface area contributed by atoms with E-state index in [4.69, 9.17) is 23.7 Å². The summed E-state index contributed by atoms with van der Waals surface area (Å²) in [6.07, 6.45) is -3.18. The molecule has 39 heavy (non-hydrogen) atoms. The number of amides is 1. The average Bonchev–Trinajstić information content (AvgIpc) is 2.97. The molecule has 1 heterocycles. The third-order valence-electron chi connectivity index (χ3n) is 6.46. The van der Waals surface area contributed by atoms with Gasteiger partial charge >= 0.3 is 5.97 Å². The van der Waals surface area contributed by atoms with E-state index in [0.717, 1.165) is 16.7 Å². The van der Waals surface area contributed by atoms with Crippen LogP contribution >= 0.6 is 0 Å². The van der Waals surface area contributed by atoms with Gasteiger partial charge in [0.05, 0.1) is 39.6 Å². The minimum atomic E-state index is -1.11. The van der Waals surface area contributed by atoms with Crippen molar-refractivity contribution in [2.24, 2.45) is 0 Å². The Bertz CT molecular complexity index is 1160. The van der Waals surface area contributed by atoms with Gasteiger partial charge in [0.2, 0.25) is 5.91 Å². The first-order valence-corrected chi connectivity index (χ1v) is 13.0. The van der Waals surface area contributed by atoms with Gasteiger partial charge in [0.15, 0.2) is 6.10 Å². The molecule has 4 rings (SSSR count). The Hall–Kier alpha value is -3.56. The van der Waals surface area contributed by atoms with Crippen LogP contribution in [0.2, 0.25) is 0 Å². The molecule has 0 saturated carbocycles. The second-order valence-corrected chi connectivity index (χ2v) is 9.37. The predicted molar refractivity (Wildman–Crippen MR) is 144 cm³/mol. The van der Waals surface area contributed by atoms with Crippen molar-refractivity contribution in [3.63, 3.8) is 0 Å². The smallest absolute Gasteiger partial charge is 0.337 e. The fraction of sp³-hybridized carbons (Fsp3) is 0.355. The topological polar surface area (TPSA) is 92.3 Å². The zero-order valence-electron chi connectivity index (χ0n) is 22.2. The molecule has 3 aromatic rings. The molecule has 1 amide bonds. The van der Waals surface area contributed by atoms with Gasteiger partial charge in [-0.3, -0.25) is 4.79 Å². The molecule has 0 spiro atoms. The number of carbonyl (C=O) groups is 2. The van der Waals surface area contributed by atoms with Gasteiger partial charge in [0.1, 0.15) is 18.3 Å². The number of esters is 1. The Balaban J connectivity index is 1.61. The average molecular weight is 534 g/mol. The van der Waals surface area contributed by atoms with Crippen molar-refractivity contribution in [1.82, 2.24) is 5.32 Å². The fourth-order valence-electron chi connectivity index (χ4n) is 4.58. The summed E-state index contributed by atoms with van der Waals surface area (Å²) in [5.74, 6) is -0.942. The Morgan fingerprint density at radius 3 is 1.72 bits per heavy atom. The van der Waals surface area contributed by atoms with E-state index in [1.807, 2.05) is 91.0 Å². The standard InChI is InChI=1S/C31H35NO7/c1-22(33)32-27-29(38-20-25-16-10-5-11-17-25)28(37-19-24-14-8-4-9-15-24)26(39-30(27)31(34)35-2)21-36-18-23-12-6-3-7-13-23/h3-17,26-30H,18-21H2,1-2H3,(H,32,33)/t26-,27-,28-,29-,30+/m1/s1. The lowest BCUT2D eigenvalue weighted by molar-refractivity contribution is -0.236. The third kappa shape index (κ3) is 8.21. The van der Waals surface area contributed by atoms with Crippen LogP contribution in [0.4, 0.5) is 0 Å². The van der Waals surface area contributed by atoms with Gasteiger partial charge in [-0.15, -0.1) is 0 Å². The predicted octanol–water partition coefficient (Wildman–Crippen LogP) is 3.82. The van der Waals surface area contributed by atoms with Gasteiger partial charge in [0.25, 0.3) is 0 Å². The maximum absolute atomic E-state index is 12.9. The number of benzene rings is 3. The molecule has 8 nitrogen and oxygen atoms in total. The zero-order valence-corrected chi connectivity index (χ0v) is 22.2. The normalized spacial score (nSPS) is 22.7. The van der Waals surface area contributed by atoms with Crippen LogP contribution in [0.15, 0.2) is 91.0 Å². The molecule has 3 aromatic carbocycles. The van der Waals surface area contributed by atoms with Crippen molar-refractivity contribution >= 4 is 11.9 Å². The summed E-state index contributed by atoms with van der Waals surface area (Å²) in [6, 6.07) is 28.4. The maximum atomic E-state index is 12.9. The Morgan fingerprint density at radius 2 is 1.23 bits per heavy atom. The van der Waals surface area contributed by atoms with Crippen molar-refractivity contribution in [3.8, 4) is 0 Å². The summed E-state index contributed by atoms with van der Waals surface area (Å²) in [5, 5.41) is 2.85. The van der Waals surface area contributed by atoms with Crippen LogP contribution < -0.4 is 5.32 Å². The van der Waals surface area contributed by atoms with Crippen LogP contribution in [0.25, 0.3) is 0 Å². The Morgan fingerprint density at radius 1 is 0.744 bits per heavy atom. The molecular formula is C31H35NO7. The summed E-state index contributed by atoms with van der Waals surface area (Å²) < 4.78 is 30.2. The number of rotatable bonds is 12. The van der Waals surface area contributed by atoms with Crippen LogP contribution in [0.3, 0.4) is 0 Å².